The minimum Gasteiger partial charge on any atom is -0.462 e. The second-order valence-electron chi connectivity index (χ2n) is 7.75. The Morgan fingerprint density at radius 1 is 1.11 bits per heavy atom. The molecular weight excluding hydrogens is 502 g/mol. The van der Waals surface area contributed by atoms with Crippen molar-refractivity contribution >= 4 is 34.3 Å². The van der Waals surface area contributed by atoms with Crippen molar-refractivity contribution < 1.29 is 27.1 Å². The zero-order chi connectivity index (χ0) is 26.1. The summed E-state index contributed by atoms with van der Waals surface area (Å²) in [5.74, 6) is -7.28. The number of fused-ring (bicyclic) bond motifs is 1. The predicted molar refractivity (Wildman–Crippen MR) is 127 cm³/mol. The van der Waals surface area contributed by atoms with E-state index in [1.165, 1.54) is 6.92 Å². The Bertz CT molecular complexity index is 1540. The number of pyridine rings is 2. The normalized spacial score (nSPS) is 12.0. The molecule has 1 N–H and O–H groups in total. The Labute approximate surface area is 207 Å². The summed E-state index contributed by atoms with van der Waals surface area (Å²) in [6.45, 7) is 3.13. The largest absolute Gasteiger partial charge is 0.462 e. The van der Waals surface area contributed by atoms with E-state index in [0.29, 0.717) is 12.1 Å². The Morgan fingerprint density at radius 3 is 2.47 bits per heavy atom. The smallest absolute Gasteiger partial charge is 0.343 e. The maximum absolute atomic E-state index is 15.0. The summed E-state index contributed by atoms with van der Waals surface area (Å²) in [6.07, 6.45) is 0.847. The fourth-order valence-electron chi connectivity index (χ4n) is 3.67. The molecule has 0 bridgehead atoms. The molecule has 36 heavy (non-hydrogen) atoms. The number of halogens is 5. The predicted octanol–water partition coefficient (Wildman–Crippen LogP) is 5.95. The van der Waals surface area contributed by atoms with Crippen molar-refractivity contribution in [2.75, 3.05) is 11.9 Å². The van der Waals surface area contributed by atoms with E-state index in [2.05, 4.69) is 10.3 Å². The second kappa shape index (κ2) is 9.98. The van der Waals surface area contributed by atoms with Gasteiger partial charge in [0.25, 0.3) is 0 Å². The van der Waals surface area contributed by atoms with Gasteiger partial charge in [-0.3, -0.25) is 9.36 Å². The Balaban J connectivity index is 1.98. The van der Waals surface area contributed by atoms with Crippen LogP contribution >= 0.6 is 11.6 Å². The highest BCUT2D eigenvalue weighted by atomic mass is 35.5. The van der Waals surface area contributed by atoms with E-state index in [1.807, 2.05) is 0 Å². The van der Waals surface area contributed by atoms with Crippen molar-refractivity contribution in [2.45, 2.75) is 19.9 Å². The first-order valence-electron chi connectivity index (χ1n) is 10.7. The molecular formula is C25H18ClF4N3O3. The van der Waals surface area contributed by atoms with E-state index in [-0.39, 0.29) is 12.4 Å². The summed E-state index contributed by atoms with van der Waals surface area (Å²) in [6, 6.07) is 9.57. The van der Waals surface area contributed by atoms with Gasteiger partial charge in [0, 0.05) is 12.3 Å². The molecule has 186 valence electrons. The van der Waals surface area contributed by atoms with Gasteiger partial charge in [-0.25, -0.2) is 27.3 Å². The first-order chi connectivity index (χ1) is 17.1. The number of hydrogen-bond donors (Lipinski definition) is 1. The average molecular weight is 520 g/mol. The van der Waals surface area contributed by atoms with Crippen LogP contribution in [0.3, 0.4) is 0 Å². The quantitative estimate of drug-likeness (QED) is 0.194. The monoisotopic (exact) mass is 519 g/mol. The highest BCUT2D eigenvalue weighted by Crippen LogP contribution is 2.31. The maximum atomic E-state index is 15.0. The van der Waals surface area contributed by atoms with E-state index in [9.17, 15) is 22.8 Å². The van der Waals surface area contributed by atoms with Gasteiger partial charge >= 0.3 is 5.97 Å². The lowest BCUT2D eigenvalue weighted by Crippen LogP contribution is -2.22. The molecule has 11 heteroatoms. The molecule has 0 fully saturated rings. The van der Waals surface area contributed by atoms with Gasteiger partial charge in [0.15, 0.2) is 34.9 Å². The van der Waals surface area contributed by atoms with Crippen LogP contribution in [-0.4, -0.2) is 22.1 Å². The van der Waals surface area contributed by atoms with Gasteiger partial charge in [0.05, 0.1) is 23.6 Å². The van der Waals surface area contributed by atoms with Gasteiger partial charge in [-0.2, -0.15) is 0 Å². The van der Waals surface area contributed by atoms with Gasteiger partial charge in [-0.05, 0) is 25.5 Å². The molecule has 2 aromatic heterocycles. The lowest BCUT2D eigenvalue weighted by atomic mass is 10.1. The van der Waals surface area contributed by atoms with Crippen molar-refractivity contribution in [3.63, 3.8) is 0 Å². The number of carbonyl (C=O) groups excluding carboxylic acids is 1. The topological polar surface area (TPSA) is 73.2 Å². The number of carbonyl (C=O) groups is 1. The van der Waals surface area contributed by atoms with Gasteiger partial charge in [-0.15, -0.1) is 0 Å². The Kier molecular flexibility index (Phi) is 6.98. The van der Waals surface area contributed by atoms with Crippen molar-refractivity contribution in [1.82, 2.24) is 9.55 Å². The fourth-order valence-corrected chi connectivity index (χ4v) is 3.95. The molecule has 0 radical (unpaired) electrons. The lowest BCUT2D eigenvalue weighted by molar-refractivity contribution is 0.0524. The van der Waals surface area contributed by atoms with Crippen LogP contribution < -0.4 is 10.7 Å². The molecule has 2 aromatic carbocycles. The summed E-state index contributed by atoms with van der Waals surface area (Å²) >= 11 is 6.01. The minimum atomic E-state index is -1.50. The number of esters is 1. The number of nitrogens with one attached hydrogen (secondary N) is 1. The molecule has 0 spiro atoms. The Hall–Kier alpha value is -3.92. The van der Waals surface area contributed by atoms with E-state index < -0.39 is 68.0 Å². The fraction of sp³-hybridized carbons (Fsp3) is 0.160. The number of nitrogens with zero attached hydrogens (tertiary/aromatic N) is 2. The lowest BCUT2D eigenvalue weighted by Gasteiger charge is -2.19. The molecule has 1 unspecified atom stereocenters. The van der Waals surface area contributed by atoms with Crippen molar-refractivity contribution in [1.29, 1.82) is 0 Å². The number of benzene rings is 2. The molecule has 0 amide bonds. The van der Waals surface area contributed by atoms with Crippen LogP contribution in [0.15, 0.2) is 53.5 Å². The molecule has 0 saturated heterocycles. The van der Waals surface area contributed by atoms with Crippen LogP contribution in [0.2, 0.25) is 5.02 Å². The van der Waals surface area contributed by atoms with Gasteiger partial charge in [0.2, 0.25) is 5.43 Å². The molecule has 0 aliphatic heterocycles. The summed E-state index contributed by atoms with van der Waals surface area (Å²) in [4.78, 5) is 29.3. The van der Waals surface area contributed by atoms with E-state index in [1.54, 1.807) is 37.3 Å². The summed E-state index contributed by atoms with van der Waals surface area (Å²) in [7, 11) is 0. The van der Waals surface area contributed by atoms with Crippen LogP contribution in [0.25, 0.3) is 16.7 Å². The molecule has 4 rings (SSSR count). The molecule has 0 aliphatic rings. The van der Waals surface area contributed by atoms with Gasteiger partial charge in [-0.1, -0.05) is 41.9 Å². The second-order valence-corrected chi connectivity index (χ2v) is 8.12. The number of hydrogen-bond acceptors (Lipinski definition) is 5. The molecule has 0 aliphatic carbocycles. The summed E-state index contributed by atoms with van der Waals surface area (Å²) < 4.78 is 63.9. The third-order valence-electron chi connectivity index (χ3n) is 5.41. The van der Waals surface area contributed by atoms with Crippen LogP contribution in [0.5, 0.6) is 0 Å². The molecule has 2 heterocycles. The van der Waals surface area contributed by atoms with Gasteiger partial charge < -0.3 is 10.1 Å². The van der Waals surface area contributed by atoms with Gasteiger partial charge in [0.1, 0.15) is 10.6 Å². The SMILES string of the molecule is CCOC(=O)c1cn(-c2nc(NC(C)c3ccccc3)c(F)cc2F)c2c(Cl)c(F)c(F)cc2c1=O. The number of rotatable bonds is 6. The van der Waals surface area contributed by atoms with Crippen LogP contribution in [-0.2, 0) is 4.74 Å². The average Bonchev–Trinajstić information content (AvgIpc) is 2.85. The van der Waals surface area contributed by atoms with E-state index in [4.69, 9.17) is 16.3 Å². The first-order valence-corrected chi connectivity index (χ1v) is 11.1. The van der Waals surface area contributed by atoms with Crippen molar-refractivity contribution in [3.05, 3.63) is 98.3 Å². The zero-order valence-electron chi connectivity index (χ0n) is 18.9. The maximum Gasteiger partial charge on any atom is 0.343 e. The zero-order valence-corrected chi connectivity index (χ0v) is 19.7. The van der Waals surface area contributed by atoms with Crippen LogP contribution in [0.1, 0.15) is 35.8 Å². The van der Waals surface area contributed by atoms with Crippen molar-refractivity contribution in [2.24, 2.45) is 0 Å². The highest BCUT2D eigenvalue weighted by Gasteiger charge is 2.25. The number of aromatic nitrogens is 2. The summed E-state index contributed by atoms with van der Waals surface area (Å²) in [5.41, 5.74) is -1.31. The first kappa shape index (κ1) is 25.2. The van der Waals surface area contributed by atoms with Crippen LogP contribution in [0.4, 0.5) is 23.4 Å². The standard InChI is InChI=1S/C25H18ClF4N3O3/c1-3-36-25(35)15-11-33(21-14(22(15)34)9-16(27)20(30)19(21)26)24-18(29)10-17(28)23(32-24)31-12(2)13-7-5-4-6-8-13/h4-12H,3H2,1-2H3,(H,31,32). The third kappa shape index (κ3) is 4.51. The van der Waals surface area contributed by atoms with E-state index >= 15 is 4.39 Å². The number of ether oxygens (including phenoxy) is 1. The van der Waals surface area contributed by atoms with Crippen molar-refractivity contribution in [3.8, 4) is 5.82 Å². The molecule has 0 saturated carbocycles. The molecule has 1 atom stereocenters. The van der Waals surface area contributed by atoms with Crippen LogP contribution in [0, 0.1) is 23.3 Å². The summed E-state index contributed by atoms with van der Waals surface area (Å²) in [5, 5.41) is 1.45. The molecule has 4 aromatic rings. The highest BCUT2D eigenvalue weighted by molar-refractivity contribution is 6.35. The molecule has 6 nitrogen and oxygen atoms in total. The minimum absolute atomic E-state index is 0.0938. The third-order valence-corrected chi connectivity index (χ3v) is 5.76. The Morgan fingerprint density at radius 2 is 1.81 bits per heavy atom. The van der Waals surface area contributed by atoms with E-state index in [0.717, 1.165) is 16.3 Å². The number of anilines is 1.